The van der Waals surface area contributed by atoms with Crippen molar-refractivity contribution < 1.29 is 14.3 Å². The highest BCUT2D eigenvalue weighted by Crippen LogP contribution is 2.14. The molecule has 5 nitrogen and oxygen atoms in total. The number of likely N-dealkylation sites (N-methyl/N-ethyl adjacent to an activating group) is 1. The molecule has 5 heteroatoms. The average Bonchev–Trinajstić information content (AvgIpc) is 2.25. The van der Waals surface area contributed by atoms with Crippen molar-refractivity contribution in [3.05, 3.63) is 0 Å². The Labute approximate surface area is 110 Å². The van der Waals surface area contributed by atoms with E-state index in [9.17, 15) is 4.79 Å². The van der Waals surface area contributed by atoms with Crippen molar-refractivity contribution in [2.24, 2.45) is 0 Å². The van der Waals surface area contributed by atoms with E-state index in [-0.39, 0.29) is 12.1 Å². The smallest absolute Gasteiger partial charge is 0.410 e. The third kappa shape index (κ3) is 4.82. The van der Waals surface area contributed by atoms with Crippen LogP contribution in [-0.2, 0) is 9.47 Å². The van der Waals surface area contributed by atoms with Gasteiger partial charge in [-0.2, -0.15) is 0 Å². The van der Waals surface area contributed by atoms with Gasteiger partial charge in [-0.1, -0.05) is 0 Å². The summed E-state index contributed by atoms with van der Waals surface area (Å²) in [5.41, 5.74) is -0.435. The van der Waals surface area contributed by atoms with Crippen LogP contribution in [0.15, 0.2) is 0 Å². The summed E-state index contributed by atoms with van der Waals surface area (Å²) in [5, 5.41) is 0. The third-order valence-electron chi connectivity index (χ3n) is 2.94. The Kier molecular flexibility index (Phi) is 5.41. The second kappa shape index (κ2) is 6.38. The van der Waals surface area contributed by atoms with Gasteiger partial charge in [-0.05, 0) is 34.7 Å². The summed E-state index contributed by atoms with van der Waals surface area (Å²) < 4.78 is 10.8. The maximum absolute atomic E-state index is 12.0. The predicted molar refractivity (Wildman–Crippen MR) is 70.7 cm³/mol. The van der Waals surface area contributed by atoms with Gasteiger partial charge >= 0.3 is 6.09 Å². The van der Waals surface area contributed by atoms with Crippen LogP contribution in [0.1, 0.15) is 27.7 Å². The molecule has 1 aliphatic heterocycles. The van der Waals surface area contributed by atoms with Gasteiger partial charge in [0, 0.05) is 26.2 Å². The molecule has 0 aromatic carbocycles. The molecule has 18 heavy (non-hydrogen) atoms. The normalized spacial score (nSPS) is 22.1. The monoisotopic (exact) mass is 258 g/mol. The standard InChI is InChI=1S/C13H26N2O3/c1-6-17-10-11-9-15(8-7-14(11)5)12(16)18-13(2,3)4/h11H,6-10H2,1-5H3. The lowest BCUT2D eigenvalue weighted by Crippen LogP contribution is -2.55. The Hall–Kier alpha value is -0.810. The number of hydrogen-bond acceptors (Lipinski definition) is 4. The molecule has 1 heterocycles. The fourth-order valence-corrected chi connectivity index (χ4v) is 1.87. The Morgan fingerprint density at radius 1 is 1.33 bits per heavy atom. The van der Waals surface area contributed by atoms with Gasteiger partial charge in [-0.25, -0.2) is 4.79 Å². The van der Waals surface area contributed by atoms with E-state index in [1.807, 2.05) is 27.7 Å². The number of hydrogen-bond donors (Lipinski definition) is 0. The molecule has 0 N–H and O–H groups in total. The maximum atomic E-state index is 12.0. The second-order valence-corrected chi connectivity index (χ2v) is 5.72. The van der Waals surface area contributed by atoms with E-state index in [2.05, 4.69) is 11.9 Å². The number of nitrogens with zero attached hydrogens (tertiary/aromatic N) is 2. The lowest BCUT2D eigenvalue weighted by molar-refractivity contribution is -0.00676. The number of ether oxygens (including phenoxy) is 2. The van der Waals surface area contributed by atoms with Crippen molar-refractivity contribution in [2.45, 2.75) is 39.3 Å². The summed E-state index contributed by atoms with van der Waals surface area (Å²) in [5.74, 6) is 0. The lowest BCUT2D eigenvalue weighted by atomic mass is 10.2. The largest absolute Gasteiger partial charge is 0.444 e. The molecular weight excluding hydrogens is 232 g/mol. The Morgan fingerprint density at radius 3 is 2.56 bits per heavy atom. The maximum Gasteiger partial charge on any atom is 0.410 e. The van der Waals surface area contributed by atoms with Gasteiger partial charge in [0.2, 0.25) is 0 Å². The SMILES string of the molecule is CCOCC1CN(C(=O)OC(C)(C)C)CCN1C. The zero-order valence-corrected chi connectivity index (χ0v) is 12.2. The van der Waals surface area contributed by atoms with E-state index in [0.717, 1.165) is 6.54 Å². The molecule has 1 amide bonds. The van der Waals surface area contributed by atoms with E-state index in [0.29, 0.717) is 26.3 Å². The van der Waals surface area contributed by atoms with Gasteiger partial charge in [0.15, 0.2) is 0 Å². The minimum atomic E-state index is -0.435. The third-order valence-corrected chi connectivity index (χ3v) is 2.94. The van der Waals surface area contributed by atoms with Gasteiger partial charge < -0.3 is 14.4 Å². The van der Waals surface area contributed by atoms with Gasteiger partial charge in [0.25, 0.3) is 0 Å². The van der Waals surface area contributed by atoms with Crippen molar-refractivity contribution in [3.8, 4) is 0 Å². The van der Waals surface area contributed by atoms with Gasteiger partial charge in [-0.15, -0.1) is 0 Å². The highest BCUT2D eigenvalue weighted by molar-refractivity contribution is 5.68. The van der Waals surface area contributed by atoms with Crippen LogP contribution in [0.2, 0.25) is 0 Å². The van der Waals surface area contributed by atoms with E-state index in [4.69, 9.17) is 9.47 Å². The fraction of sp³-hybridized carbons (Fsp3) is 0.923. The second-order valence-electron chi connectivity index (χ2n) is 5.72. The van der Waals surface area contributed by atoms with E-state index < -0.39 is 5.60 Å². The highest BCUT2D eigenvalue weighted by atomic mass is 16.6. The first kappa shape index (κ1) is 15.2. The first-order valence-corrected chi connectivity index (χ1v) is 6.59. The molecule has 1 fully saturated rings. The zero-order chi connectivity index (χ0) is 13.8. The minimum Gasteiger partial charge on any atom is -0.444 e. The summed E-state index contributed by atoms with van der Waals surface area (Å²) in [7, 11) is 2.07. The summed E-state index contributed by atoms with van der Waals surface area (Å²) in [4.78, 5) is 16.0. The Balaban J connectivity index is 2.50. The van der Waals surface area contributed by atoms with Crippen molar-refractivity contribution in [1.82, 2.24) is 9.80 Å². The fourth-order valence-electron chi connectivity index (χ4n) is 1.87. The molecule has 1 saturated heterocycles. The number of carbonyl (C=O) groups excluding carboxylic acids is 1. The van der Waals surface area contributed by atoms with Gasteiger partial charge in [0.05, 0.1) is 12.6 Å². The van der Waals surface area contributed by atoms with Crippen LogP contribution in [0.3, 0.4) is 0 Å². The van der Waals surface area contributed by atoms with Gasteiger partial charge in [0.1, 0.15) is 5.60 Å². The van der Waals surface area contributed by atoms with Crippen LogP contribution in [0.4, 0.5) is 4.79 Å². The molecule has 0 bridgehead atoms. The molecule has 0 aliphatic carbocycles. The van der Waals surface area contributed by atoms with E-state index >= 15 is 0 Å². The molecule has 0 spiro atoms. The van der Waals surface area contributed by atoms with E-state index in [1.54, 1.807) is 4.90 Å². The minimum absolute atomic E-state index is 0.225. The molecule has 106 valence electrons. The van der Waals surface area contributed by atoms with Crippen molar-refractivity contribution in [2.75, 3.05) is 39.9 Å². The highest BCUT2D eigenvalue weighted by Gasteiger charge is 2.30. The Bertz CT molecular complexity index is 276. The first-order chi connectivity index (χ1) is 8.33. The Morgan fingerprint density at radius 2 is 2.00 bits per heavy atom. The van der Waals surface area contributed by atoms with Crippen molar-refractivity contribution in [3.63, 3.8) is 0 Å². The predicted octanol–water partition coefficient (Wildman–Crippen LogP) is 1.57. The molecule has 1 unspecified atom stereocenters. The average molecular weight is 258 g/mol. The van der Waals surface area contributed by atoms with Crippen molar-refractivity contribution >= 4 is 6.09 Å². The van der Waals surface area contributed by atoms with Crippen molar-refractivity contribution in [1.29, 1.82) is 0 Å². The number of piperazine rings is 1. The van der Waals surface area contributed by atoms with E-state index in [1.165, 1.54) is 0 Å². The van der Waals surface area contributed by atoms with Crippen LogP contribution >= 0.6 is 0 Å². The quantitative estimate of drug-likeness (QED) is 0.770. The van der Waals surface area contributed by atoms with Gasteiger partial charge in [-0.3, -0.25) is 4.90 Å². The molecule has 0 aromatic heterocycles. The summed E-state index contributed by atoms with van der Waals surface area (Å²) >= 11 is 0. The summed E-state index contributed by atoms with van der Waals surface area (Å²) in [6.07, 6.45) is -0.225. The molecular formula is C13H26N2O3. The lowest BCUT2D eigenvalue weighted by Gasteiger charge is -2.39. The number of carbonyl (C=O) groups is 1. The zero-order valence-electron chi connectivity index (χ0n) is 12.2. The molecule has 0 saturated carbocycles. The van der Waals surface area contributed by atoms with Crippen LogP contribution in [0, 0.1) is 0 Å². The topological polar surface area (TPSA) is 42.0 Å². The molecule has 1 rings (SSSR count). The van der Waals surface area contributed by atoms with Crippen LogP contribution in [0.5, 0.6) is 0 Å². The molecule has 1 aliphatic rings. The van der Waals surface area contributed by atoms with Crippen LogP contribution in [-0.4, -0.2) is 67.4 Å². The molecule has 0 aromatic rings. The number of rotatable bonds is 3. The first-order valence-electron chi connectivity index (χ1n) is 6.59. The molecule has 0 radical (unpaired) electrons. The van der Waals surface area contributed by atoms with Crippen LogP contribution in [0.25, 0.3) is 0 Å². The number of amides is 1. The summed E-state index contributed by atoms with van der Waals surface area (Å²) in [6, 6.07) is 0.256. The summed E-state index contributed by atoms with van der Waals surface area (Å²) in [6.45, 7) is 11.3. The molecule has 1 atom stereocenters. The van der Waals surface area contributed by atoms with Crippen LogP contribution < -0.4 is 0 Å².